The largest absolute Gasteiger partial charge is 0.490 e. The van der Waals surface area contributed by atoms with Crippen molar-refractivity contribution in [3.05, 3.63) is 36.0 Å². The quantitative estimate of drug-likeness (QED) is 0.315. The number of hydrogen-bond acceptors (Lipinski definition) is 11. The number of sulfone groups is 1. The van der Waals surface area contributed by atoms with Crippen molar-refractivity contribution in [3.8, 4) is 5.75 Å². The molecule has 1 aromatic carbocycles. The van der Waals surface area contributed by atoms with Crippen molar-refractivity contribution in [3.63, 3.8) is 0 Å². The summed E-state index contributed by atoms with van der Waals surface area (Å²) in [6.07, 6.45) is 1.26. The summed E-state index contributed by atoms with van der Waals surface area (Å²) in [6, 6.07) is 9.32. The predicted octanol–water partition coefficient (Wildman–Crippen LogP) is 2.54. The fraction of sp³-hybridized carbons (Fsp3) is 0.417. The first-order valence-electron chi connectivity index (χ1n) is 12.1. The minimum atomic E-state index is -3.01. The maximum absolute atomic E-state index is 11.6. The summed E-state index contributed by atoms with van der Waals surface area (Å²) in [4.78, 5) is 26.1. The van der Waals surface area contributed by atoms with Crippen molar-refractivity contribution in [1.82, 2.24) is 25.1 Å². The second-order valence-electron chi connectivity index (χ2n) is 9.04. The number of carbonyl (C=O) groups excluding carboxylic acids is 1. The molecule has 0 spiro atoms. The van der Waals surface area contributed by atoms with E-state index in [1.807, 2.05) is 37.3 Å². The van der Waals surface area contributed by atoms with E-state index in [1.165, 1.54) is 24.9 Å². The number of amides is 1. The third-order valence-electron chi connectivity index (χ3n) is 5.82. The third-order valence-corrected chi connectivity index (χ3v) is 7.61. The zero-order valence-electron chi connectivity index (χ0n) is 21.8. The van der Waals surface area contributed by atoms with Gasteiger partial charge in [0, 0.05) is 68.2 Å². The Labute approximate surface area is 226 Å². The highest BCUT2D eigenvalue weighted by atomic mass is 32.2. The molecule has 4 rings (SSSR count). The SMILES string of the molecule is COc1c(Nc2cc(C)[nH]n2)nc(Sc2ccc(NC(C)=O)cc2)nc1N1CCN(CCS(C)(=O)=O)CC1. The number of aromatic nitrogens is 4. The second-order valence-corrected chi connectivity index (χ2v) is 12.3. The van der Waals surface area contributed by atoms with Crippen LogP contribution >= 0.6 is 11.8 Å². The summed E-state index contributed by atoms with van der Waals surface area (Å²) < 4.78 is 28.9. The first-order valence-corrected chi connectivity index (χ1v) is 14.9. The van der Waals surface area contributed by atoms with E-state index in [9.17, 15) is 13.2 Å². The molecule has 3 heterocycles. The Morgan fingerprint density at radius 1 is 1.16 bits per heavy atom. The van der Waals surface area contributed by atoms with Gasteiger partial charge in [-0.15, -0.1) is 0 Å². The van der Waals surface area contributed by atoms with Crippen molar-refractivity contribution in [2.24, 2.45) is 0 Å². The Bertz CT molecular complexity index is 1370. The van der Waals surface area contributed by atoms with E-state index < -0.39 is 9.84 Å². The van der Waals surface area contributed by atoms with Crippen LogP contribution in [0.5, 0.6) is 5.75 Å². The van der Waals surface area contributed by atoms with Gasteiger partial charge in [0.2, 0.25) is 11.7 Å². The van der Waals surface area contributed by atoms with Gasteiger partial charge in [-0.1, -0.05) is 0 Å². The number of aryl methyl sites for hydroxylation is 1. The molecule has 0 atom stereocenters. The smallest absolute Gasteiger partial charge is 0.221 e. The second kappa shape index (κ2) is 12.0. The predicted molar refractivity (Wildman–Crippen MR) is 148 cm³/mol. The number of rotatable bonds is 10. The first-order chi connectivity index (χ1) is 18.1. The first kappa shape index (κ1) is 27.7. The molecule has 2 aromatic heterocycles. The maximum atomic E-state index is 11.6. The molecule has 38 heavy (non-hydrogen) atoms. The van der Waals surface area contributed by atoms with Crippen molar-refractivity contribution in [2.45, 2.75) is 23.9 Å². The normalized spacial score (nSPS) is 14.4. The molecule has 0 saturated carbocycles. The lowest BCUT2D eigenvalue weighted by atomic mass is 10.3. The number of piperazine rings is 1. The van der Waals surface area contributed by atoms with Gasteiger partial charge in [0.15, 0.2) is 22.6 Å². The number of aromatic amines is 1. The van der Waals surface area contributed by atoms with Gasteiger partial charge in [-0.3, -0.25) is 14.8 Å². The van der Waals surface area contributed by atoms with Crippen molar-refractivity contribution < 1.29 is 17.9 Å². The third kappa shape index (κ3) is 7.58. The molecule has 1 amide bonds. The number of nitrogens with one attached hydrogen (secondary N) is 3. The zero-order chi connectivity index (χ0) is 27.3. The molecular formula is C24H32N8O4S2. The summed E-state index contributed by atoms with van der Waals surface area (Å²) in [5.74, 6) is 2.25. The number of methoxy groups -OCH3 is 1. The number of nitrogens with zero attached hydrogens (tertiary/aromatic N) is 5. The van der Waals surface area contributed by atoms with E-state index in [2.05, 4.69) is 30.6 Å². The topological polar surface area (TPSA) is 145 Å². The van der Waals surface area contributed by atoms with Crippen molar-refractivity contribution in [2.75, 3.05) is 67.4 Å². The lowest BCUT2D eigenvalue weighted by Crippen LogP contribution is -2.48. The molecule has 0 aliphatic carbocycles. The van der Waals surface area contributed by atoms with Gasteiger partial charge in [0.05, 0.1) is 12.9 Å². The molecule has 1 aliphatic heterocycles. The zero-order valence-corrected chi connectivity index (χ0v) is 23.4. The van der Waals surface area contributed by atoms with Crippen LogP contribution in [0.4, 0.5) is 23.1 Å². The molecule has 1 fully saturated rings. The highest BCUT2D eigenvalue weighted by molar-refractivity contribution is 7.99. The standard InChI is InChI=1S/C24H32N8O4S2/c1-16-15-20(30-29-16)26-22-21(36-3)23(32-11-9-31(10-12-32)13-14-38(4,34)35)28-24(27-22)37-19-7-5-18(6-8-19)25-17(2)33/h5-8,15H,9-14H2,1-4H3,(H,25,33)(H2,26,27,28,29,30). The summed E-state index contributed by atoms with van der Waals surface area (Å²) in [5, 5.41) is 13.7. The van der Waals surface area contributed by atoms with Crippen LogP contribution in [0.2, 0.25) is 0 Å². The fourth-order valence-corrected chi connectivity index (χ4v) is 5.29. The number of hydrogen-bond donors (Lipinski definition) is 3. The fourth-order valence-electron chi connectivity index (χ4n) is 3.95. The molecule has 0 bridgehead atoms. The lowest BCUT2D eigenvalue weighted by molar-refractivity contribution is -0.114. The lowest BCUT2D eigenvalue weighted by Gasteiger charge is -2.36. The molecule has 12 nitrogen and oxygen atoms in total. The number of ether oxygens (including phenoxy) is 1. The van der Waals surface area contributed by atoms with Gasteiger partial charge in [-0.05, 0) is 43.0 Å². The summed E-state index contributed by atoms with van der Waals surface area (Å²) in [5.41, 5.74) is 1.61. The van der Waals surface area contributed by atoms with Crippen LogP contribution in [-0.4, -0.2) is 91.2 Å². The monoisotopic (exact) mass is 560 g/mol. The van der Waals surface area contributed by atoms with Gasteiger partial charge >= 0.3 is 0 Å². The average molecular weight is 561 g/mol. The highest BCUT2D eigenvalue weighted by Crippen LogP contribution is 2.38. The molecular weight excluding hydrogens is 528 g/mol. The number of benzene rings is 1. The molecule has 3 aromatic rings. The van der Waals surface area contributed by atoms with Crippen LogP contribution < -0.4 is 20.3 Å². The van der Waals surface area contributed by atoms with Crippen LogP contribution in [0.15, 0.2) is 40.4 Å². The summed E-state index contributed by atoms with van der Waals surface area (Å²) in [7, 11) is -1.43. The Kier molecular flexibility index (Phi) is 8.74. The number of H-pyrrole nitrogens is 1. The molecule has 3 N–H and O–H groups in total. The Morgan fingerprint density at radius 2 is 1.87 bits per heavy atom. The Morgan fingerprint density at radius 3 is 2.45 bits per heavy atom. The van der Waals surface area contributed by atoms with E-state index in [0.29, 0.717) is 66.8 Å². The van der Waals surface area contributed by atoms with E-state index in [4.69, 9.17) is 14.7 Å². The van der Waals surface area contributed by atoms with E-state index >= 15 is 0 Å². The minimum Gasteiger partial charge on any atom is -0.490 e. The minimum absolute atomic E-state index is 0.130. The van der Waals surface area contributed by atoms with Crippen LogP contribution in [0.25, 0.3) is 0 Å². The van der Waals surface area contributed by atoms with E-state index in [-0.39, 0.29) is 11.7 Å². The van der Waals surface area contributed by atoms with Crippen molar-refractivity contribution >= 4 is 50.6 Å². The molecule has 1 aliphatic rings. The summed E-state index contributed by atoms with van der Waals surface area (Å²) >= 11 is 1.39. The molecule has 0 radical (unpaired) electrons. The Balaban J connectivity index is 1.60. The number of carbonyl (C=O) groups is 1. The molecule has 1 saturated heterocycles. The van der Waals surface area contributed by atoms with Gasteiger partial charge in [0.25, 0.3) is 0 Å². The number of anilines is 4. The van der Waals surface area contributed by atoms with E-state index in [0.717, 1.165) is 10.6 Å². The van der Waals surface area contributed by atoms with Crippen LogP contribution in [0.3, 0.4) is 0 Å². The van der Waals surface area contributed by atoms with Gasteiger partial charge in [-0.25, -0.2) is 18.4 Å². The van der Waals surface area contributed by atoms with Crippen LogP contribution in [0.1, 0.15) is 12.6 Å². The van der Waals surface area contributed by atoms with Gasteiger partial charge in [-0.2, -0.15) is 5.10 Å². The molecule has 0 unspecified atom stereocenters. The average Bonchev–Trinajstić information content (AvgIpc) is 3.27. The van der Waals surface area contributed by atoms with Crippen LogP contribution in [0, 0.1) is 6.92 Å². The Hall–Kier alpha value is -3.36. The van der Waals surface area contributed by atoms with Crippen LogP contribution in [-0.2, 0) is 14.6 Å². The van der Waals surface area contributed by atoms with E-state index in [1.54, 1.807) is 7.11 Å². The maximum Gasteiger partial charge on any atom is 0.221 e. The van der Waals surface area contributed by atoms with Gasteiger partial charge in [0.1, 0.15) is 9.84 Å². The summed E-state index contributed by atoms with van der Waals surface area (Å²) in [6.45, 7) is 6.62. The van der Waals surface area contributed by atoms with Gasteiger partial charge < -0.3 is 20.3 Å². The highest BCUT2D eigenvalue weighted by Gasteiger charge is 2.25. The van der Waals surface area contributed by atoms with Crippen molar-refractivity contribution in [1.29, 1.82) is 0 Å². The molecule has 204 valence electrons. The molecule has 14 heteroatoms.